The highest BCUT2D eigenvalue weighted by atomic mass is 16.3. The molecule has 2 N–H and O–H groups in total. The van der Waals surface area contributed by atoms with Crippen LogP contribution in [0.25, 0.3) is 0 Å². The lowest BCUT2D eigenvalue weighted by Crippen LogP contribution is -2.39. The quantitative estimate of drug-likeness (QED) is 0.753. The normalized spacial score (nSPS) is 31.3. The number of nitrogens with one attached hydrogen (secondary N) is 1. The Hall–Kier alpha value is -0.0800. The monoisotopic (exact) mass is 225 g/mol. The van der Waals surface area contributed by atoms with Crippen molar-refractivity contribution in [3.05, 3.63) is 0 Å². The molecule has 0 amide bonds. The molecule has 94 valence electrons. The topological polar surface area (TPSA) is 32.3 Å². The van der Waals surface area contributed by atoms with Crippen molar-refractivity contribution >= 4 is 0 Å². The summed E-state index contributed by atoms with van der Waals surface area (Å²) in [6.45, 7) is 7.24. The number of aliphatic hydroxyl groups excluding tert-OH is 1. The summed E-state index contributed by atoms with van der Waals surface area (Å²) in [4.78, 5) is 0. The minimum Gasteiger partial charge on any atom is -0.396 e. The number of hydrogen-bond donors (Lipinski definition) is 2. The van der Waals surface area contributed by atoms with Gasteiger partial charge in [-0.15, -0.1) is 0 Å². The van der Waals surface area contributed by atoms with Gasteiger partial charge in [0.1, 0.15) is 0 Å². The summed E-state index contributed by atoms with van der Waals surface area (Å²) in [7, 11) is 0. The van der Waals surface area contributed by atoms with Crippen LogP contribution in [-0.2, 0) is 0 Å². The van der Waals surface area contributed by atoms with Crippen LogP contribution < -0.4 is 5.32 Å². The highest BCUT2D eigenvalue weighted by Gasteiger charge is 2.45. The van der Waals surface area contributed by atoms with Gasteiger partial charge in [0.2, 0.25) is 0 Å². The van der Waals surface area contributed by atoms with Gasteiger partial charge in [0.05, 0.1) is 0 Å². The van der Waals surface area contributed by atoms with Crippen molar-refractivity contribution in [1.29, 1.82) is 0 Å². The molecule has 2 rings (SSSR count). The van der Waals surface area contributed by atoms with Crippen LogP contribution in [0.4, 0.5) is 0 Å². The maximum absolute atomic E-state index is 9.59. The summed E-state index contributed by atoms with van der Waals surface area (Å²) >= 11 is 0. The first kappa shape index (κ1) is 12.4. The molecular weight excluding hydrogens is 198 g/mol. The molecule has 1 unspecified atom stereocenters. The van der Waals surface area contributed by atoms with Gasteiger partial charge < -0.3 is 10.4 Å². The molecule has 0 bridgehead atoms. The van der Waals surface area contributed by atoms with Crippen molar-refractivity contribution in [1.82, 2.24) is 5.32 Å². The number of hydrogen-bond acceptors (Lipinski definition) is 2. The molecule has 0 saturated heterocycles. The van der Waals surface area contributed by atoms with Crippen LogP contribution in [0.5, 0.6) is 0 Å². The predicted octanol–water partition coefficient (Wildman–Crippen LogP) is 2.56. The molecule has 2 heteroatoms. The zero-order valence-electron chi connectivity index (χ0n) is 10.9. The highest BCUT2D eigenvalue weighted by Crippen LogP contribution is 2.51. The van der Waals surface area contributed by atoms with Gasteiger partial charge >= 0.3 is 0 Å². The van der Waals surface area contributed by atoms with E-state index in [1.54, 1.807) is 0 Å². The van der Waals surface area contributed by atoms with Crippen LogP contribution in [0.1, 0.15) is 52.4 Å². The Labute approximate surface area is 99.8 Å². The van der Waals surface area contributed by atoms with Crippen LogP contribution in [0.3, 0.4) is 0 Å². The van der Waals surface area contributed by atoms with Crippen molar-refractivity contribution in [2.24, 2.45) is 16.7 Å². The van der Waals surface area contributed by atoms with E-state index in [2.05, 4.69) is 19.2 Å². The molecule has 0 heterocycles. The lowest BCUT2D eigenvalue weighted by atomic mass is 9.74. The van der Waals surface area contributed by atoms with Crippen molar-refractivity contribution in [2.75, 3.05) is 19.7 Å². The Morgan fingerprint density at radius 3 is 2.31 bits per heavy atom. The summed E-state index contributed by atoms with van der Waals surface area (Å²) in [6.07, 6.45) is 7.76. The zero-order valence-corrected chi connectivity index (χ0v) is 10.9. The van der Waals surface area contributed by atoms with Gasteiger partial charge in [-0.25, -0.2) is 0 Å². The number of aliphatic hydroxyl groups is 1. The fourth-order valence-electron chi connectivity index (χ4n) is 3.13. The zero-order chi connectivity index (χ0) is 11.6. The van der Waals surface area contributed by atoms with Crippen LogP contribution in [-0.4, -0.2) is 24.8 Å². The van der Waals surface area contributed by atoms with E-state index in [1.165, 1.54) is 38.5 Å². The standard InChI is InChI=1S/C14H27NO/c1-13(2)8-12(13)9-15-10-14(11-16)6-4-3-5-7-14/h12,15-16H,3-11H2,1-2H3. The molecule has 0 aromatic heterocycles. The van der Waals surface area contributed by atoms with Crippen molar-refractivity contribution < 1.29 is 5.11 Å². The van der Waals surface area contributed by atoms with Crippen molar-refractivity contribution in [3.63, 3.8) is 0 Å². The largest absolute Gasteiger partial charge is 0.396 e. The summed E-state index contributed by atoms with van der Waals surface area (Å²) in [5, 5.41) is 13.2. The van der Waals surface area contributed by atoms with E-state index in [0.717, 1.165) is 19.0 Å². The smallest absolute Gasteiger partial charge is 0.0499 e. The van der Waals surface area contributed by atoms with Gasteiger partial charge in [0.15, 0.2) is 0 Å². The molecule has 2 aliphatic rings. The van der Waals surface area contributed by atoms with Crippen molar-refractivity contribution in [2.45, 2.75) is 52.4 Å². The van der Waals surface area contributed by atoms with E-state index in [0.29, 0.717) is 12.0 Å². The maximum Gasteiger partial charge on any atom is 0.0499 e. The Morgan fingerprint density at radius 1 is 1.19 bits per heavy atom. The first-order valence-electron chi connectivity index (χ1n) is 6.90. The van der Waals surface area contributed by atoms with Crippen LogP contribution >= 0.6 is 0 Å². The second kappa shape index (κ2) is 4.66. The molecule has 2 aliphatic carbocycles. The predicted molar refractivity (Wildman–Crippen MR) is 67.4 cm³/mol. The highest BCUT2D eigenvalue weighted by molar-refractivity contribution is 4.96. The minimum atomic E-state index is 0.206. The summed E-state index contributed by atoms with van der Waals surface area (Å²) < 4.78 is 0. The van der Waals surface area contributed by atoms with Crippen LogP contribution in [0, 0.1) is 16.7 Å². The first-order chi connectivity index (χ1) is 7.58. The number of rotatable bonds is 5. The average Bonchev–Trinajstić information content (AvgIpc) is 2.88. The van der Waals surface area contributed by atoms with E-state index in [1.807, 2.05) is 0 Å². The van der Waals surface area contributed by atoms with Crippen LogP contribution in [0.15, 0.2) is 0 Å². The van der Waals surface area contributed by atoms with Crippen molar-refractivity contribution in [3.8, 4) is 0 Å². The van der Waals surface area contributed by atoms with Gasteiger partial charge in [-0.3, -0.25) is 0 Å². The van der Waals surface area contributed by atoms with Gasteiger partial charge in [-0.1, -0.05) is 33.1 Å². The van der Waals surface area contributed by atoms with Crippen LogP contribution in [0.2, 0.25) is 0 Å². The Balaban J connectivity index is 1.71. The van der Waals surface area contributed by atoms with Gasteiger partial charge in [-0.05, 0) is 37.1 Å². The Bertz CT molecular complexity index is 231. The van der Waals surface area contributed by atoms with E-state index in [9.17, 15) is 5.11 Å². The van der Waals surface area contributed by atoms with Gasteiger partial charge in [0, 0.05) is 18.6 Å². The molecule has 2 fully saturated rings. The third kappa shape index (κ3) is 2.78. The molecule has 0 spiro atoms. The fraction of sp³-hybridized carbons (Fsp3) is 1.00. The molecule has 16 heavy (non-hydrogen) atoms. The minimum absolute atomic E-state index is 0.206. The lowest BCUT2D eigenvalue weighted by Gasteiger charge is -2.36. The second-order valence-corrected chi connectivity index (χ2v) is 6.74. The first-order valence-corrected chi connectivity index (χ1v) is 6.90. The summed E-state index contributed by atoms with van der Waals surface area (Å²) in [5.74, 6) is 0.867. The Kier molecular flexibility index (Phi) is 3.60. The Morgan fingerprint density at radius 2 is 1.81 bits per heavy atom. The van der Waals surface area contributed by atoms with Gasteiger partial charge in [-0.2, -0.15) is 0 Å². The second-order valence-electron chi connectivity index (χ2n) is 6.74. The SMILES string of the molecule is CC1(C)CC1CNCC1(CO)CCCCC1. The molecular formula is C14H27NO. The lowest BCUT2D eigenvalue weighted by molar-refractivity contribution is 0.0810. The third-order valence-corrected chi connectivity index (χ3v) is 4.86. The summed E-state index contributed by atoms with van der Waals surface area (Å²) in [6, 6.07) is 0. The third-order valence-electron chi connectivity index (χ3n) is 4.86. The molecule has 0 aromatic carbocycles. The maximum atomic E-state index is 9.59. The van der Waals surface area contributed by atoms with E-state index in [-0.39, 0.29) is 5.41 Å². The molecule has 2 nitrogen and oxygen atoms in total. The average molecular weight is 225 g/mol. The van der Waals surface area contributed by atoms with E-state index >= 15 is 0 Å². The van der Waals surface area contributed by atoms with E-state index < -0.39 is 0 Å². The summed E-state index contributed by atoms with van der Waals surface area (Å²) in [5.41, 5.74) is 0.781. The fourth-order valence-corrected chi connectivity index (χ4v) is 3.13. The molecule has 0 aliphatic heterocycles. The molecule has 2 saturated carbocycles. The van der Waals surface area contributed by atoms with Gasteiger partial charge in [0.25, 0.3) is 0 Å². The van der Waals surface area contributed by atoms with E-state index in [4.69, 9.17) is 0 Å². The molecule has 0 aromatic rings. The molecule has 0 radical (unpaired) electrons. The molecule has 1 atom stereocenters.